The third-order valence-corrected chi connectivity index (χ3v) is 3.64. The third kappa shape index (κ3) is 3.74. The molecule has 0 fully saturated rings. The van der Waals surface area contributed by atoms with Crippen LogP contribution >= 0.6 is 23.4 Å². The summed E-state index contributed by atoms with van der Waals surface area (Å²) in [5.41, 5.74) is 2.07. The van der Waals surface area contributed by atoms with Crippen molar-refractivity contribution in [3.05, 3.63) is 40.2 Å². The molecule has 20 heavy (non-hydrogen) atoms. The van der Waals surface area contributed by atoms with Gasteiger partial charge in [0.05, 0.1) is 6.61 Å². The molecule has 0 aliphatic rings. The van der Waals surface area contributed by atoms with Crippen LogP contribution in [0.5, 0.6) is 0 Å². The van der Waals surface area contributed by atoms with Crippen LogP contribution < -0.4 is 0 Å². The maximum atomic E-state index is 11.4. The van der Waals surface area contributed by atoms with Crippen molar-refractivity contribution in [2.24, 2.45) is 0 Å². The van der Waals surface area contributed by atoms with Gasteiger partial charge in [0.15, 0.2) is 0 Å². The maximum absolute atomic E-state index is 11.4. The van der Waals surface area contributed by atoms with Gasteiger partial charge >= 0.3 is 11.9 Å². The smallest absolute Gasteiger partial charge is 0.396 e. The predicted molar refractivity (Wildman–Crippen MR) is 76.0 cm³/mol. The Bertz CT molecular complexity index is 615. The molecule has 0 saturated heterocycles. The zero-order valence-corrected chi connectivity index (χ0v) is 12.6. The highest BCUT2D eigenvalue weighted by Crippen LogP contribution is 2.26. The van der Waals surface area contributed by atoms with Crippen molar-refractivity contribution in [1.82, 2.24) is 10.2 Å². The van der Waals surface area contributed by atoms with Gasteiger partial charge in [-0.25, -0.2) is 4.79 Å². The fraction of sp³-hybridized carbons (Fsp3) is 0.308. The first-order chi connectivity index (χ1) is 9.60. The number of thioether (sulfide) groups is 1. The van der Waals surface area contributed by atoms with Crippen molar-refractivity contribution in [2.45, 2.75) is 24.8 Å². The van der Waals surface area contributed by atoms with E-state index in [2.05, 4.69) is 10.2 Å². The summed E-state index contributed by atoms with van der Waals surface area (Å²) in [6, 6.07) is 5.84. The highest BCUT2D eigenvalue weighted by molar-refractivity contribution is 7.98. The van der Waals surface area contributed by atoms with Gasteiger partial charge in [-0.2, -0.15) is 0 Å². The molecule has 0 spiro atoms. The highest BCUT2D eigenvalue weighted by atomic mass is 35.5. The van der Waals surface area contributed by atoms with Crippen LogP contribution in [0.15, 0.2) is 27.8 Å². The Balaban J connectivity index is 1.99. The molecule has 7 heteroatoms. The van der Waals surface area contributed by atoms with E-state index in [-0.39, 0.29) is 12.5 Å². The average Bonchev–Trinajstić information content (AvgIpc) is 2.87. The molecule has 0 aliphatic heterocycles. The zero-order valence-electron chi connectivity index (χ0n) is 11.1. The van der Waals surface area contributed by atoms with Crippen LogP contribution in [0.2, 0.25) is 5.02 Å². The van der Waals surface area contributed by atoms with Crippen molar-refractivity contribution >= 4 is 29.3 Å². The second-order valence-corrected chi connectivity index (χ2v) is 5.31. The maximum Gasteiger partial charge on any atom is 0.396 e. The number of rotatable bonds is 5. The summed E-state index contributed by atoms with van der Waals surface area (Å²) in [6.45, 7) is 3.96. The summed E-state index contributed by atoms with van der Waals surface area (Å²) in [7, 11) is 0. The summed E-state index contributed by atoms with van der Waals surface area (Å²) < 4.78 is 9.98. The number of halogens is 1. The van der Waals surface area contributed by atoms with E-state index >= 15 is 0 Å². The monoisotopic (exact) mass is 312 g/mol. The number of hydrogen-bond donors (Lipinski definition) is 0. The summed E-state index contributed by atoms with van der Waals surface area (Å²) in [5, 5.41) is 8.43. The second-order valence-electron chi connectivity index (χ2n) is 3.98. The van der Waals surface area contributed by atoms with E-state index in [9.17, 15) is 4.79 Å². The zero-order chi connectivity index (χ0) is 14.5. The summed E-state index contributed by atoms with van der Waals surface area (Å²) in [6.07, 6.45) is 0. The fourth-order valence-electron chi connectivity index (χ4n) is 1.45. The summed E-state index contributed by atoms with van der Waals surface area (Å²) in [5.74, 6) is -0.159. The number of hydrogen-bond acceptors (Lipinski definition) is 6. The molecule has 0 atom stereocenters. The van der Waals surface area contributed by atoms with Gasteiger partial charge in [-0.05, 0) is 31.0 Å². The summed E-state index contributed by atoms with van der Waals surface area (Å²) >= 11 is 7.46. The van der Waals surface area contributed by atoms with E-state index in [1.165, 1.54) is 11.8 Å². The Kier molecular flexibility index (Phi) is 5.03. The first-order valence-corrected chi connectivity index (χ1v) is 7.35. The first-order valence-electron chi connectivity index (χ1n) is 5.98. The summed E-state index contributed by atoms with van der Waals surface area (Å²) in [4.78, 5) is 11.4. The molecule has 0 aliphatic carbocycles. The van der Waals surface area contributed by atoms with Gasteiger partial charge < -0.3 is 9.15 Å². The molecule has 0 saturated carbocycles. The molecule has 0 unspecified atom stereocenters. The molecule has 0 amide bonds. The molecular formula is C13H13ClN2O3S. The predicted octanol–water partition coefficient (Wildman–Crippen LogP) is 3.50. The van der Waals surface area contributed by atoms with E-state index in [4.69, 9.17) is 20.8 Å². The lowest BCUT2D eigenvalue weighted by atomic mass is 10.2. The first kappa shape index (κ1) is 14.9. The highest BCUT2D eigenvalue weighted by Gasteiger charge is 2.16. The molecule has 0 radical (unpaired) electrons. The Morgan fingerprint density at radius 2 is 2.25 bits per heavy atom. The van der Waals surface area contributed by atoms with E-state index < -0.39 is 5.97 Å². The third-order valence-electron chi connectivity index (χ3n) is 2.42. The van der Waals surface area contributed by atoms with Crippen molar-refractivity contribution in [3.63, 3.8) is 0 Å². The van der Waals surface area contributed by atoms with Crippen LogP contribution in [-0.4, -0.2) is 22.8 Å². The van der Waals surface area contributed by atoms with Crippen molar-refractivity contribution in [2.75, 3.05) is 6.61 Å². The van der Waals surface area contributed by atoms with Gasteiger partial charge in [-0.1, -0.05) is 40.6 Å². The second kappa shape index (κ2) is 6.76. The lowest BCUT2D eigenvalue weighted by molar-refractivity contribution is 0.0475. The average molecular weight is 313 g/mol. The van der Waals surface area contributed by atoms with Crippen LogP contribution in [0, 0.1) is 6.92 Å². The number of aryl methyl sites for hydroxylation is 1. The minimum atomic E-state index is -0.611. The molecule has 1 heterocycles. The van der Waals surface area contributed by atoms with E-state index in [1.54, 1.807) is 6.92 Å². The van der Waals surface area contributed by atoms with Gasteiger partial charge in [0.25, 0.3) is 5.22 Å². The Labute approximate surface area is 125 Å². The number of carbonyl (C=O) groups excluding carboxylic acids is 1. The van der Waals surface area contributed by atoms with Crippen molar-refractivity contribution in [3.8, 4) is 0 Å². The number of ether oxygens (including phenoxy) is 1. The lowest BCUT2D eigenvalue weighted by Gasteiger charge is -2.02. The number of esters is 1. The van der Waals surface area contributed by atoms with Gasteiger partial charge in [0.1, 0.15) is 0 Å². The van der Waals surface area contributed by atoms with Crippen LogP contribution in [0.1, 0.15) is 28.7 Å². The van der Waals surface area contributed by atoms with Crippen molar-refractivity contribution in [1.29, 1.82) is 0 Å². The topological polar surface area (TPSA) is 65.2 Å². The van der Waals surface area contributed by atoms with Crippen LogP contribution in [-0.2, 0) is 10.5 Å². The molecule has 0 N–H and O–H groups in total. The lowest BCUT2D eigenvalue weighted by Crippen LogP contribution is -2.04. The molecule has 2 aromatic rings. The van der Waals surface area contributed by atoms with Gasteiger partial charge in [0.2, 0.25) is 0 Å². The van der Waals surface area contributed by atoms with Crippen molar-refractivity contribution < 1.29 is 13.9 Å². The number of aromatic nitrogens is 2. The minimum Gasteiger partial charge on any atom is -0.459 e. The van der Waals surface area contributed by atoms with Gasteiger partial charge in [0, 0.05) is 10.8 Å². The Hall–Kier alpha value is -1.53. The molecule has 0 bridgehead atoms. The SMILES string of the molecule is CCOC(=O)c1nnc(SCc2ccc(C)cc2Cl)o1. The number of benzene rings is 1. The van der Waals surface area contributed by atoms with E-state index in [0.717, 1.165) is 11.1 Å². The van der Waals surface area contributed by atoms with Crippen LogP contribution in [0.4, 0.5) is 0 Å². The molecule has 1 aromatic heterocycles. The molecule has 5 nitrogen and oxygen atoms in total. The molecule has 2 rings (SSSR count). The Morgan fingerprint density at radius 1 is 1.45 bits per heavy atom. The normalized spacial score (nSPS) is 10.6. The van der Waals surface area contributed by atoms with Crippen LogP contribution in [0.3, 0.4) is 0 Å². The number of carbonyl (C=O) groups is 1. The Morgan fingerprint density at radius 3 is 2.95 bits per heavy atom. The van der Waals surface area contributed by atoms with Gasteiger partial charge in [-0.15, -0.1) is 5.10 Å². The molecular weight excluding hydrogens is 300 g/mol. The molecule has 1 aromatic carbocycles. The van der Waals surface area contributed by atoms with Gasteiger partial charge in [-0.3, -0.25) is 0 Å². The quantitative estimate of drug-likeness (QED) is 0.622. The fourth-order valence-corrected chi connectivity index (χ4v) is 2.60. The standard InChI is InChI=1S/C13H13ClN2O3S/c1-3-18-12(17)11-15-16-13(19-11)20-7-9-5-4-8(2)6-10(9)14/h4-6H,3,7H2,1-2H3. The largest absolute Gasteiger partial charge is 0.459 e. The van der Waals surface area contributed by atoms with E-state index in [1.807, 2.05) is 25.1 Å². The van der Waals surface area contributed by atoms with E-state index in [0.29, 0.717) is 16.0 Å². The number of nitrogens with zero attached hydrogens (tertiary/aromatic N) is 2. The molecule has 106 valence electrons. The minimum absolute atomic E-state index is 0.135. The van der Waals surface area contributed by atoms with Crippen LogP contribution in [0.25, 0.3) is 0 Å².